The number of carbonyl (C=O) groups is 3. The number of nitrogens with zero attached hydrogens (tertiary/aromatic N) is 2. The molecule has 6 heteroatoms. The number of amides is 3. The molecule has 0 aromatic heterocycles. The van der Waals surface area contributed by atoms with Gasteiger partial charge in [0.15, 0.2) is 0 Å². The lowest BCUT2D eigenvalue weighted by Crippen LogP contribution is -2.53. The van der Waals surface area contributed by atoms with Crippen molar-refractivity contribution in [2.75, 3.05) is 32.7 Å². The van der Waals surface area contributed by atoms with E-state index < -0.39 is 0 Å². The summed E-state index contributed by atoms with van der Waals surface area (Å²) in [7, 11) is 0. The van der Waals surface area contributed by atoms with E-state index in [4.69, 9.17) is 0 Å². The molecule has 130 valence electrons. The summed E-state index contributed by atoms with van der Waals surface area (Å²) in [5.74, 6) is -0.278. The van der Waals surface area contributed by atoms with Crippen LogP contribution in [0, 0.1) is 12.8 Å². The number of piperazine rings is 1. The third kappa shape index (κ3) is 4.57. The van der Waals surface area contributed by atoms with Gasteiger partial charge in [-0.15, -0.1) is 0 Å². The number of hydrogen-bond donors (Lipinski definition) is 1. The van der Waals surface area contributed by atoms with Gasteiger partial charge in [-0.05, 0) is 19.1 Å². The summed E-state index contributed by atoms with van der Waals surface area (Å²) in [6.07, 6.45) is 0. The van der Waals surface area contributed by atoms with Gasteiger partial charge in [0.05, 0.1) is 6.54 Å². The summed E-state index contributed by atoms with van der Waals surface area (Å²) in [5.41, 5.74) is 1.62. The molecule has 3 amide bonds. The molecule has 1 aliphatic heterocycles. The lowest BCUT2D eigenvalue weighted by Gasteiger charge is -2.35. The number of carbonyl (C=O) groups excluding carboxylic acids is 3. The third-order valence-corrected chi connectivity index (χ3v) is 4.15. The summed E-state index contributed by atoms with van der Waals surface area (Å²) < 4.78 is 0. The van der Waals surface area contributed by atoms with Crippen LogP contribution < -0.4 is 5.32 Å². The van der Waals surface area contributed by atoms with Gasteiger partial charge in [-0.1, -0.05) is 31.5 Å². The van der Waals surface area contributed by atoms with Crippen LogP contribution in [0.5, 0.6) is 0 Å². The zero-order valence-electron chi connectivity index (χ0n) is 14.5. The number of benzene rings is 1. The van der Waals surface area contributed by atoms with Gasteiger partial charge in [0.2, 0.25) is 11.8 Å². The highest BCUT2D eigenvalue weighted by atomic mass is 16.2. The maximum absolute atomic E-state index is 12.2. The van der Waals surface area contributed by atoms with Crippen LogP contribution in [0.25, 0.3) is 0 Å². The first-order valence-electron chi connectivity index (χ1n) is 8.30. The average molecular weight is 331 g/mol. The smallest absolute Gasteiger partial charge is 0.251 e. The minimum atomic E-state index is -0.253. The molecule has 2 rings (SSSR count). The number of hydrogen-bond acceptors (Lipinski definition) is 3. The van der Waals surface area contributed by atoms with E-state index >= 15 is 0 Å². The van der Waals surface area contributed by atoms with Crippen molar-refractivity contribution < 1.29 is 14.4 Å². The van der Waals surface area contributed by atoms with Crippen molar-refractivity contribution in [3.63, 3.8) is 0 Å². The first-order valence-corrected chi connectivity index (χ1v) is 8.30. The molecule has 0 bridgehead atoms. The van der Waals surface area contributed by atoms with E-state index in [0.717, 1.165) is 5.56 Å². The predicted molar refractivity (Wildman–Crippen MR) is 91.5 cm³/mol. The highest BCUT2D eigenvalue weighted by molar-refractivity contribution is 5.96. The normalized spacial score (nSPS) is 14.7. The fourth-order valence-electron chi connectivity index (χ4n) is 2.62. The second-order valence-corrected chi connectivity index (χ2v) is 6.41. The Morgan fingerprint density at radius 1 is 1.00 bits per heavy atom. The van der Waals surface area contributed by atoms with Crippen LogP contribution in [0.15, 0.2) is 24.3 Å². The number of rotatable bonds is 4. The first kappa shape index (κ1) is 18.0. The molecule has 1 N–H and O–H groups in total. The molecule has 1 aliphatic rings. The van der Waals surface area contributed by atoms with E-state index in [1.54, 1.807) is 21.9 Å². The summed E-state index contributed by atoms with van der Waals surface area (Å²) >= 11 is 0. The van der Waals surface area contributed by atoms with Gasteiger partial charge in [-0.3, -0.25) is 14.4 Å². The molecule has 24 heavy (non-hydrogen) atoms. The Morgan fingerprint density at radius 3 is 2.08 bits per heavy atom. The van der Waals surface area contributed by atoms with E-state index in [0.29, 0.717) is 31.7 Å². The standard InChI is InChI=1S/C18H25N3O3/c1-13(2)18(24)21-10-8-20(9-11-21)16(22)12-19-17(23)15-6-4-14(3)5-7-15/h4-7,13H,8-12H2,1-3H3,(H,19,23). The maximum Gasteiger partial charge on any atom is 0.251 e. The molecule has 0 atom stereocenters. The van der Waals surface area contributed by atoms with Gasteiger partial charge in [-0.25, -0.2) is 0 Å². The molecular weight excluding hydrogens is 306 g/mol. The Hall–Kier alpha value is -2.37. The Morgan fingerprint density at radius 2 is 1.54 bits per heavy atom. The van der Waals surface area contributed by atoms with Crippen LogP contribution in [0.4, 0.5) is 0 Å². The van der Waals surface area contributed by atoms with E-state index in [1.807, 2.05) is 32.9 Å². The minimum absolute atomic E-state index is 0.0230. The molecule has 0 saturated carbocycles. The summed E-state index contributed by atoms with van der Waals surface area (Å²) in [4.78, 5) is 39.7. The molecule has 1 aromatic carbocycles. The lowest BCUT2D eigenvalue weighted by atomic mass is 10.1. The van der Waals surface area contributed by atoms with Crippen molar-refractivity contribution in [3.05, 3.63) is 35.4 Å². The van der Waals surface area contributed by atoms with Crippen molar-refractivity contribution in [1.82, 2.24) is 15.1 Å². The van der Waals surface area contributed by atoms with Gasteiger partial charge in [-0.2, -0.15) is 0 Å². The van der Waals surface area contributed by atoms with Crippen LogP contribution >= 0.6 is 0 Å². The molecule has 1 fully saturated rings. The first-order chi connectivity index (χ1) is 11.4. The predicted octanol–water partition coefficient (Wildman–Crippen LogP) is 1.05. The third-order valence-electron chi connectivity index (χ3n) is 4.15. The van der Waals surface area contributed by atoms with Gasteiger partial charge in [0.25, 0.3) is 5.91 Å². The van der Waals surface area contributed by atoms with Crippen molar-refractivity contribution in [2.45, 2.75) is 20.8 Å². The lowest BCUT2D eigenvalue weighted by molar-refractivity contribution is -0.140. The molecule has 0 aliphatic carbocycles. The quantitative estimate of drug-likeness (QED) is 0.897. The maximum atomic E-state index is 12.2. The molecule has 0 spiro atoms. The van der Waals surface area contributed by atoms with Gasteiger partial charge in [0.1, 0.15) is 0 Å². The van der Waals surface area contributed by atoms with E-state index in [-0.39, 0.29) is 30.2 Å². The molecule has 0 radical (unpaired) electrons. The van der Waals surface area contributed by atoms with Crippen molar-refractivity contribution in [2.24, 2.45) is 5.92 Å². The summed E-state index contributed by atoms with van der Waals surface area (Å²) in [6.45, 7) is 7.80. The molecule has 1 aromatic rings. The molecule has 0 unspecified atom stereocenters. The van der Waals surface area contributed by atoms with E-state index in [2.05, 4.69) is 5.32 Å². The monoisotopic (exact) mass is 331 g/mol. The fourth-order valence-corrected chi connectivity index (χ4v) is 2.62. The average Bonchev–Trinajstić information content (AvgIpc) is 2.59. The van der Waals surface area contributed by atoms with Crippen LogP contribution in [0.3, 0.4) is 0 Å². The fraction of sp³-hybridized carbons (Fsp3) is 0.500. The van der Waals surface area contributed by atoms with Crippen molar-refractivity contribution >= 4 is 17.7 Å². The Balaban J connectivity index is 1.78. The van der Waals surface area contributed by atoms with Crippen molar-refractivity contribution in [1.29, 1.82) is 0 Å². The van der Waals surface area contributed by atoms with E-state index in [9.17, 15) is 14.4 Å². The van der Waals surface area contributed by atoms with Crippen LogP contribution in [0.1, 0.15) is 29.8 Å². The van der Waals surface area contributed by atoms with Gasteiger partial charge >= 0.3 is 0 Å². The van der Waals surface area contributed by atoms with Crippen LogP contribution in [-0.2, 0) is 9.59 Å². The van der Waals surface area contributed by atoms with Crippen LogP contribution in [-0.4, -0.2) is 60.2 Å². The number of nitrogens with one attached hydrogen (secondary N) is 1. The largest absolute Gasteiger partial charge is 0.343 e. The number of aryl methyl sites for hydroxylation is 1. The Bertz CT molecular complexity index is 602. The summed E-state index contributed by atoms with van der Waals surface area (Å²) in [6, 6.07) is 7.21. The Labute approximate surface area is 142 Å². The zero-order valence-corrected chi connectivity index (χ0v) is 14.5. The summed E-state index contributed by atoms with van der Waals surface area (Å²) in [5, 5.41) is 2.66. The Kier molecular flexibility index (Phi) is 5.95. The topological polar surface area (TPSA) is 69.7 Å². The highest BCUT2D eigenvalue weighted by Gasteiger charge is 2.25. The molecule has 6 nitrogen and oxygen atoms in total. The molecule has 1 heterocycles. The van der Waals surface area contributed by atoms with Crippen LogP contribution in [0.2, 0.25) is 0 Å². The SMILES string of the molecule is Cc1ccc(C(=O)NCC(=O)N2CCN(C(=O)C(C)C)CC2)cc1. The van der Waals surface area contributed by atoms with Crippen molar-refractivity contribution in [3.8, 4) is 0 Å². The molecule has 1 saturated heterocycles. The zero-order chi connectivity index (χ0) is 17.7. The second-order valence-electron chi connectivity index (χ2n) is 6.41. The second kappa shape index (κ2) is 7.95. The molecular formula is C18H25N3O3. The van der Waals surface area contributed by atoms with Gasteiger partial charge < -0.3 is 15.1 Å². The minimum Gasteiger partial charge on any atom is -0.343 e. The van der Waals surface area contributed by atoms with E-state index in [1.165, 1.54) is 0 Å². The van der Waals surface area contributed by atoms with Gasteiger partial charge in [0, 0.05) is 37.7 Å². The highest BCUT2D eigenvalue weighted by Crippen LogP contribution is 2.07.